The van der Waals surface area contributed by atoms with Crippen molar-refractivity contribution in [2.45, 2.75) is 51.7 Å². The van der Waals surface area contributed by atoms with E-state index < -0.39 is 0 Å². The van der Waals surface area contributed by atoms with Crippen molar-refractivity contribution in [3.05, 3.63) is 64.3 Å². The molecule has 168 valence electrons. The summed E-state index contributed by atoms with van der Waals surface area (Å²) in [7, 11) is 0. The molecule has 1 aliphatic heterocycles. The maximum atomic E-state index is 12.9. The predicted octanol–water partition coefficient (Wildman–Crippen LogP) is 5.54. The monoisotopic (exact) mass is 454 g/mol. The summed E-state index contributed by atoms with van der Waals surface area (Å²) in [5, 5.41) is 3.37. The summed E-state index contributed by atoms with van der Waals surface area (Å²) < 4.78 is 11.7. The van der Waals surface area contributed by atoms with Crippen molar-refractivity contribution in [1.82, 2.24) is 10.2 Å². The zero-order chi connectivity index (χ0) is 22.5. The molecule has 32 heavy (non-hydrogen) atoms. The Morgan fingerprint density at radius 3 is 2.59 bits per heavy atom. The molecule has 1 saturated carbocycles. The maximum Gasteiger partial charge on any atom is 0.329 e. The summed E-state index contributed by atoms with van der Waals surface area (Å²) in [5.74, 6) is 0.883. The zero-order valence-corrected chi connectivity index (χ0v) is 18.9. The zero-order valence-electron chi connectivity index (χ0n) is 18.1. The molecule has 3 amide bonds. The van der Waals surface area contributed by atoms with Crippen LogP contribution in [0.3, 0.4) is 0 Å². The summed E-state index contributed by atoms with van der Waals surface area (Å²) in [6.45, 7) is 2.67. The van der Waals surface area contributed by atoms with E-state index in [-0.39, 0.29) is 23.7 Å². The summed E-state index contributed by atoms with van der Waals surface area (Å²) in [4.78, 5) is 26.7. The standard InChI is InChI=1S/C25H27ClN2O4/c1-2-31-23-15-17(12-13-22(23)32-16-18-8-6-7-11-20(18)26)14-21-24(29)28(25(30)27-21)19-9-4-3-5-10-19/h6-8,11-15,19H,2-5,9-10,16H2,1H3,(H,27,30)/b21-14-. The van der Waals surface area contributed by atoms with Gasteiger partial charge in [-0.05, 0) is 49.6 Å². The van der Waals surface area contributed by atoms with Crippen LogP contribution >= 0.6 is 11.6 Å². The van der Waals surface area contributed by atoms with Crippen LogP contribution in [0.4, 0.5) is 4.79 Å². The van der Waals surface area contributed by atoms with Crippen molar-refractivity contribution in [3.63, 3.8) is 0 Å². The number of carbonyl (C=O) groups excluding carboxylic acids is 2. The maximum absolute atomic E-state index is 12.9. The minimum absolute atomic E-state index is 0.0123. The Morgan fingerprint density at radius 2 is 1.84 bits per heavy atom. The number of hydrogen-bond acceptors (Lipinski definition) is 4. The molecule has 0 aromatic heterocycles. The summed E-state index contributed by atoms with van der Waals surface area (Å²) >= 11 is 6.22. The van der Waals surface area contributed by atoms with E-state index in [4.69, 9.17) is 21.1 Å². The van der Waals surface area contributed by atoms with E-state index in [1.807, 2.05) is 37.3 Å². The molecule has 1 saturated heterocycles. The van der Waals surface area contributed by atoms with Crippen LogP contribution in [0.5, 0.6) is 11.5 Å². The van der Waals surface area contributed by atoms with E-state index >= 15 is 0 Å². The number of ether oxygens (including phenoxy) is 2. The molecule has 0 unspecified atom stereocenters. The van der Waals surface area contributed by atoms with Crippen molar-refractivity contribution in [2.75, 3.05) is 6.61 Å². The van der Waals surface area contributed by atoms with Crippen LogP contribution in [-0.4, -0.2) is 29.5 Å². The van der Waals surface area contributed by atoms with Crippen LogP contribution in [0, 0.1) is 0 Å². The van der Waals surface area contributed by atoms with Crippen LogP contribution in [0.15, 0.2) is 48.2 Å². The second kappa shape index (κ2) is 10.1. The molecular formula is C25H27ClN2O4. The normalized spacial score (nSPS) is 18.2. The molecule has 0 bridgehead atoms. The highest BCUT2D eigenvalue weighted by Crippen LogP contribution is 2.32. The van der Waals surface area contributed by atoms with Crippen molar-refractivity contribution in [1.29, 1.82) is 0 Å². The third kappa shape index (κ3) is 4.91. The van der Waals surface area contributed by atoms with Crippen LogP contribution in [0.25, 0.3) is 6.08 Å². The number of rotatable bonds is 7. The van der Waals surface area contributed by atoms with Gasteiger partial charge >= 0.3 is 6.03 Å². The fourth-order valence-electron chi connectivity index (χ4n) is 4.16. The molecule has 1 heterocycles. The molecular weight excluding hydrogens is 428 g/mol. The number of carbonyl (C=O) groups is 2. The van der Waals surface area contributed by atoms with Crippen LogP contribution in [0.1, 0.15) is 50.2 Å². The molecule has 0 atom stereocenters. The quantitative estimate of drug-likeness (QED) is 0.440. The lowest BCUT2D eigenvalue weighted by molar-refractivity contribution is -0.124. The van der Waals surface area contributed by atoms with Crippen molar-refractivity contribution >= 4 is 29.6 Å². The molecule has 7 heteroatoms. The fourth-order valence-corrected chi connectivity index (χ4v) is 4.35. The minimum atomic E-state index is -0.335. The summed E-state index contributed by atoms with van der Waals surface area (Å²) in [6, 6.07) is 12.6. The van der Waals surface area contributed by atoms with Gasteiger partial charge in [0, 0.05) is 16.6 Å². The van der Waals surface area contributed by atoms with Gasteiger partial charge in [-0.2, -0.15) is 0 Å². The largest absolute Gasteiger partial charge is 0.490 e. The molecule has 6 nitrogen and oxygen atoms in total. The molecule has 1 aliphatic carbocycles. The lowest BCUT2D eigenvalue weighted by Gasteiger charge is -2.28. The lowest BCUT2D eigenvalue weighted by Crippen LogP contribution is -2.41. The van der Waals surface area contributed by atoms with Gasteiger partial charge in [0.1, 0.15) is 12.3 Å². The van der Waals surface area contributed by atoms with E-state index in [9.17, 15) is 9.59 Å². The van der Waals surface area contributed by atoms with Crippen LogP contribution < -0.4 is 14.8 Å². The number of benzene rings is 2. The van der Waals surface area contributed by atoms with E-state index in [0.717, 1.165) is 43.2 Å². The van der Waals surface area contributed by atoms with Crippen molar-refractivity contribution < 1.29 is 19.1 Å². The first kappa shape index (κ1) is 22.2. The summed E-state index contributed by atoms with van der Waals surface area (Å²) in [6.07, 6.45) is 6.69. The van der Waals surface area contributed by atoms with E-state index in [0.29, 0.717) is 29.7 Å². The smallest absolute Gasteiger partial charge is 0.329 e. The van der Waals surface area contributed by atoms with Gasteiger partial charge in [0.25, 0.3) is 5.91 Å². The van der Waals surface area contributed by atoms with Crippen molar-refractivity contribution in [3.8, 4) is 11.5 Å². The highest BCUT2D eigenvalue weighted by molar-refractivity contribution is 6.31. The molecule has 2 aromatic carbocycles. The molecule has 2 aromatic rings. The highest BCUT2D eigenvalue weighted by Gasteiger charge is 2.38. The van der Waals surface area contributed by atoms with Gasteiger partial charge in [0.05, 0.1) is 6.61 Å². The molecule has 4 rings (SSSR count). The number of amides is 3. The first-order chi connectivity index (χ1) is 15.6. The molecule has 2 aliphatic rings. The number of imide groups is 1. The topological polar surface area (TPSA) is 67.9 Å². The SMILES string of the molecule is CCOc1cc(/C=C2\NC(=O)N(C3CCCCC3)C2=O)ccc1OCc1ccccc1Cl. The van der Waals surface area contributed by atoms with E-state index in [1.54, 1.807) is 18.2 Å². The van der Waals surface area contributed by atoms with Gasteiger partial charge in [-0.1, -0.05) is 55.1 Å². The van der Waals surface area contributed by atoms with Crippen LogP contribution in [0.2, 0.25) is 5.02 Å². The number of hydrogen-bond donors (Lipinski definition) is 1. The number of halogens is 1. The first-order valence-corrected chi connectivity index (χ1v) is 11.4. The molecule has 1 N–H and O–H groups in total. The molecule has 0 spiro atoms. The Morgan fingerprint density at radius 1 is 1.06 bits per heavy atom. The Hall–Kier alpha value is -2.99. The Bertz CT molecular complexity index is 1030. The van der Waals surface area contributed by atoms with Gasteiger partial charge in [0.2, 0.25) is 0 Å². The van der Waals surface area contributed by atoms with Gasteiger partial charge in [-0.15, -0.1) is 0 Å². The van der Waals surface area contributed by atoms with Gasteiger partial charge in [0.15, 0.2) is 11.5 Å². The third-order valence-electron chi connectivity index (χ3n) is 5.77. The fraction of sp³-hybridized carbons (Fsp3) is 0.360. The minimum Gasteiger partial charge on any atom is -0.490 e. The van der Waals surface area contributed by atoms with E-state index in [1.165, 1.54) is 4.90 Å². The number of nitrogens with one attached hydrogen (secondary N) is 1. The van der Waals surface area contributed by atoms with Crippen molar-refractivity contribution in [2.24, 2.45) is 0 Å². The Kier molecular flexibility index (Phi) is 7.00. The van der Waals surface area contributed by atoms with Gasteiger partial charge in [-0.25, -0.2) is 4.79 Å². The first-order valence-electron chi connectivity index (χ1n) is 11.1. The predicted molar refractivity (Wildman–Crippen MR) is 124 cm³/mol. The number of nitrogens with zero attached hydrogens (tertiary/aromatic N) is 1. The van der Waals surface area contributed by atoms with Crippen LogP contribution in [-0.2, 0) is 11.4 Å². The second-order valence-corrected chi connectivity index (χ2v) is 8.38. The molecule has 2 fully saturated rings. The van der Waals surface area contributed by atoms with Gasteiger partial charge in [-0.3, -0.25) is 9.69 Å². The summed E-state index contributed by atoms with van der Waals surface area (Å²) in [5.41, 5.74) is 1.91. The average molecular weight is 455 g/mol. The number of urea groups is 1. The van der Waals surface area contributed by atoms with Gasteiger partial charge < -0.3 is 14.8 Å². The Balaban J connectivity index is 1.51. The van der Waals surface area contributed by atoms with E-state index in [2.05, 4.69) is 5.32 Å². The lowest BCUT2D eigenvalue weighted by atomic mass is 9.94. The highest BCUT2D eigenvalue weighted by atomic mass is 35.5. The second-order valence-electron chi connectivity index (χ2n) is 7.97. The Labute approximate surface area is 193 Å². The third-order valence-corrected chi connectivity index (χ3v) is 6.14. The molecule has 0 radical (unpaired) electrons. The average Bonchev–Trinajstić information content (AvgIpc) is 3.07.